The zero-order valence-electron chi connectivity index (χ0n) is 16.6. The van der Waals surface area contributed by atoms with Crippen LogP contribution in [0.3, 0.4) is 0 Å². The van der Waals surface area contributed by atoms with Gasteiger partial charge in [-0.2, -0.15) is 8.78 Å². The van der Waals surface area contributed by atoms with Crippen molar-refractivity contribution in [2.24, 2.45) is 4.99 Å². The lowest BCUT2D eigenvalue weighted by Crippen LogP contribution is -2.37. The molecule has 0 saturated heterocycles. The molecule has 1 rings (SSSR count). The molecule has 2 N–H and O–H groups in total. The van der Waals surface area contributed by atoms with E-state index in [9.17, 15) is 13.6 Å². The first-order valence-corrected chi connectivity index (χ1v) is 9.30. The Kier molecular flexibility index (Phi) is 11.4. The number of halogens is 2. The Bertz CT molecular complexity index is 627. The number of nitrogens with one attached hydrogen (secondary N) is 2. The summed E-state index contributed by atoms with van der Waals surface area (Å²) in [5.41, 5.74) is 0.495. The van der Waals surface area contributed by atoms with Gasteiger partial charge in [-0.05, 0) is 32.8 Å². The lowest BCUT2D eigenvalue weighted by atomic mass is 10.2. The van der Waals surface area contributed by atoms with Crippen molar-refractivity contribution in [2.75, 3.05) is 26.8 Å². The summed E-state index contributed by atoms with van der Waals surface area (Å²) >= 11 is 0. The molecule has 7 nitrogen and oxygen atoms in total. The molecule has 158 valence electrons. The minimum atomic E-state index is -2.95. The van der Waals surface area contributed by atoms with Crippen LogP contribution in [0.2, 0.25) is 0 Å². The molecule has 0 aliphatic carbocycles. The molecule has 1 aromatic carbocycles. The van der Waals surface area contributed by atoms with E-state index < -0.39 is 6.61 Å². The summed E-state index contributed by atoms with van der Waals surface area (Å²) in [6, 6.07) is 4.96. The zero-order valence-corrected chi connectivity index (χ0v) is 16.6. The SMILES string of the molecule is CCNC(=NCc1cccc(OCC)c1OC(F)F)NCCCCC(=O)OC. The first-order chi connectivity index (χ1) is 13.5. The second-order valence-corrected chi connectivity index (χ2v) is 5.71. The van der Waals surface area contributed by atoms with E-state index in [4.69, 9.17) is 4.74 Å². The number of hydrogen-bond donors (Lipinski definition) is 2. The molecule has 0 bridgehead atoms. The van der Waals surface area contributed by atoms with Crippen LogP contribution in [0, 0.1) is 0 Å². The Hall–Kier alpha value is -2.58. The highest BCUT2D eigenvalue weighted by Gasteiger charge is 2.15. The second-order valence-electron chi connectivity index (χ2n) is 5.71. The Morgan fingerprint density at radius 2 is 2.00 bits per heavy atom. The summed E-state index contributed by atoms with van der Waals surface area (Å²) in [5.74, 6) is 0.569. The molecule has 0 amide bonds. The minimum absolute atomic E-state index is 0.00275. The highest BCUT2D eigenvalue weighted by atomic mass is 19.3. The fourth-order valence-electron chi connectivity index (χ4n) is 2.39. The number of guanidine groups is 1. The molecule has 0 aliphatic rings. The van der Waals surface area contributed by atoms with Gasteiger partial charge in [0.1, 0.15) is 0 Å². The van der Waals surface area contributed by atoms with Crippen molar-refractivity contribution < 1.29 is 27.8 Å². The molecule has 0 unspecified atom stereocenters. The standard InChI is InChI=1S/C19H29F2N3O4/c1-4-22-19(23-12-7-6-11-16(25)26-3)24-13-14-9-8-10-15(27-5-2)17(14)28-18(20)21/h8-10,18H,4-7,11-13H2,1-3H3,(H2,22,23,24). The van der Waals surface area contributed by atoms with Crippen molar-refractivity contribution >= 4 is 11.9 Å². The number of hydrogen-bond acceptors (Lipinski definition) is 5. The fraction of sp³-hybridized carbons (Fsp3) is 0.579. The van der Waals surface area contributed by atoms with Crippen molar-refractivity contribution in [1.29, 1.82) is 0 Å². The molecular formula is C19H29F2N3O4. The predicted octanol–water partition coefficient (Wildman–Crippen LogP) is 3.09. The van der Waals surface area contributed by atoms with Crippen LogP contribution in [0.4, 0.5) is 8.78 Å². The molecule has 0 atom stereocenters. The molecule has 0 saturated carbocycles. The van der Waals surface area contributed by atoms with Gasteiger partial charge in [-0.25, -0.2) is 4.99 Å². The highest BCUT2D eigenvalue weighted by Crippen LogP contribution is 2.33. The van der Waals surface area contributed by atoms with E-state index in [0.29, 0.717) is 44.1 Å². The van der Waals surface area contributed by atoms with Crippen LogP contribution in [0.5, 0.6) is 11.5 Å². The number of nitrogens with zero attached hydrogens (tertiary/aromatic N) is 1. The number of methoxy groups -OCH3 is 1. The lowest BCUT2D eigenvalue weighted by Gasteiger charge is -2.15. The van der Waals surface area contributed by atoms with Gasteiger partial charge in [-0.15, -0.1) is 0 Å². The number of alkyl halides is 2. The molecule has 0 fully saturated rings. The maximum absolute atomic E-state index is 12.8. The maximum Gasteiger partial charge on any atom is 0.387 e. The summed E-state index contributed by atoms with van der Waals surface area (Å²) in [5, 5.41) is 6.24. The van der Waals surface area contributed by atoms with Gasteiger partial charge in [0.25, 0.3) is 0 Å². The number of esters is 1. The summed E-state index contributed by atoms with van der Waals surface area (Å²) < 4.78 is 40.2. The normalized spacial score (nSPS) is 11.3. The molecule has 0 heterocycles. The van der Waals surface area contributed by atoms with Crippen molar-refractivity contribution in [3.8, 4) is 11.5 Å². The van der Waals surface area contributed by atoms with Crippen LogP contribution in [0.1, 0.15) is 38.7 Å². The van der Waals surface area contributed by atoms with Gasteiger partial charge in [0.05, 0.1) is 20.3 Å². The van der Waals surface area contributed by atoms with Crippen molar-refractivity contribution in [1.82, 2.24) is 10.6 Å². The molecular weight excluding hydrogens is 372 g/mol. The van der Waals surface area contributed by atoms with E-state index in [1.54, 1.807) is 25.1 Å². The van der Waals surface area contributed by atoms with Crippen molar-refractivity contribution in [3.63, 3.8) is 0 Å². The largest absolute Gasteiger partial charge is 0.490 e. The molecule has 9 heteroatoms. The van der Waals surface area contributed by atoms with Crippen LogP contribution < -0.4 is 20.1 Å². The zero-order chi connectivity index (χ0) is 20.8. The number of unbranched alkanes of at least 4 members (excludes halogenated alkanes) is 1. The van der Waals surface area contributed by atoms with E-state index in [0.717, 1.165) is 6.42 Å². The van der Waals surface area contributed by atoms with Crippen LogP contribution in [0.15, 0.2) is 23.2 Å². The van der Waals surface area contributed by atoms with Gasteiger partial charge in [-0.1, -0.05) is 12.1 Å². The molecule has 0 aliphatic heterocycles. The third-order valence-corrected chi connectivity index (χ3v) is 3.65. The Labute approximate surface area is 164 Å². The average Bonchev–Trinajstić information content (AvgIpc) is 2.67. The number of para-hydroxylation sites is 1. The van der Waals surface area contributed by atoms with Gasteiger partial charge in [0.2, 0.25) is 0 Å². The van der Waals surface area contributed by atoms with Gasteiger partial charge in [-0.3, -0.25) is 4.79 Å². The predicted molar refractivity (Wildman–Crippen MR) is 103 cm³/mol. The first-order valence-electron chi connectivity index (χ1n) is 9.30. The summed E-state index contributed by atoms with van der Waals surface area (Å²) in [7, 11) is 1.36. The van der Waals surface area contributed by atoms with Crippen molar-refractivity contribution in [2.45, 2.75) is 46.3 Å². The number of aliphatic imine (C=N–C) groups is 1. The first kappa shape index (κ1) is 23.5. The maximum atomic E-state index is 12.8. The Balaban J connectivity index is 2.74. The monoisotopic (exact) mass is 401 g/mol. The van der Waals surface area contributed by atoms with Gasteiger partial charge in [0.15, 0.2) is 17.5 Å². The number of carbonyl (C=O) groups excluding carboxylic acids is 1. The van der Waals surface area contributed by atoms with Gasteiger partial charge >= 0.3 is 12.6 Å². The van der Waals surface area contributed by atoms with Crippen molar-refractivity contribution in [3.05, 3.63) is 23.8 Å². The summed E-state index contributed by atoms with van der Waals surface area (Å²) in [6.45, 7) is 2.48. The fourth-order valence-corrected chi connectivity index (χ4v) is 2.39. The van der Waals surface area contributed by atoms with Crippen LogP contribution in [0.25, 0.3) is 0 Å². The average molecular weight is 401 g/mol. The Morgan fingerprint density at radius 3 is 2.64 bits per heavy atom. The van der Waals surface area contributed by atoms with Gasteiger partial charge in [0, 0.05) is 25.1 Å². The summed E-state index contributed by atoms with van der Waals surface area (Å²) in [6.07, 6.45) is 1.82. The summed E-state index contributed by atoms with van der Waals surface area (Å²) in [4.78, 5) is 15.5. The topological polar surface area (TPSA) is 81.2 Å². The van der Waals surface area contributed by atoms with Crippen LogP contribution in [-0.2, 0) is 16.1 Å². The minimum Gasteiger partial charge on any atom is -0.490 e. The molecule has 0 radical (unpaired) electrons. The highest BCUT2D eigenvalue weighted by molar-refractivity contribution is 5.79. The lowest BCUT2D eigenvalue weighted by molar-refractivity contribution is -0.140. The Morgan fingerprint density at radius 1 is 1.21 bits per heavy atom. The quantitative estimate of drug-likeness (QED) is 0.242. The van der Waals surface area contributed by atoms with Gasteiger partial charge < -0.3 is 24.8 Å². The third-order valence-electron chi connectivity index (χ3n) is 3.65. The van der Waals surface area contributed by atoms with Crippen LogP contribution >= 0.6 is 0 Å². The second kappa shape index (κ2) is 13.6. The van der Waals surface area contributed by atoms with Crippen LogP contribution in [-0.4, -0.2) is 45.3 Å². The number of benzene rings is 1. The third kappa shape index (κ3) is 8.88. The van der Waals surface area contributed by atoms with E-state index in [2.05, 4.69) is 25.1 Å². The smallest absolute Gasteiger partial charge is 0.387 e. The number of carbonyl (C=O) groups is 1. The number of ether oxygens (including phenoxy) is 3. The molecule has 0 spiro atoms. The van der Waals surface area contributed by atoms with E-state index >= 15 is 0 Å². The molecule has 28 heavy (non-hydrogen) atoms. The van der Waals surface area contributed by atoms with E-state index in [-0.39, 0.29) is 24.0 Å². The molecule has 0 aromatic heterocycles. The number of rotatable bonds is 12. The van der Waals surface area contributed by atoms with E-state index in [1.165, 1.54) is 7.11 Å². The molecule has 1 aromatic rings. The van der Waals surface area contributed by atoms with E-state index in [1.807, 2.05) is 6.92 Å².